The van der Waals surface area contributed by atoms with E-state index in [1.54, 1.807) is 4.68 Å². The molecule has 1 aromatic heterocycles. The van der Waals surface area contributed by atoms with Gasteiger partial charge in [-0.3, -0.25) is 0 Å². The molecule has 1 heterocycles. The van der Waals surface area contributed by atoms with E-state index in [0.717, 1.165) is 35.9 Å². The molecule has 0 unspecified atom stereocenters. The predicted molar refractivity (Wildman–Crippen MR) is 73.3 cm³/mol. The first-order valence-corrected chi connectivity index (χ1v) is 6.60. The number of nitrogens with zero attached hydrogens (tertiary/aromatic N) is 3. The second-order valence-corrected chi connectivity index (χ2v) is 5.16. The Morgan fingerprint density at radius 1 is 1.42 bits per heavy atom. The quantitative estimate of drug-likeness (QED) is 0.802. The zero-order valence-electron chi connectivity index (χ0n) is 11.0. The number of benzene rings is 1. The minimum Gasteiger partial charge on any atom is -0.397 e. The number of nitrogen functional groups attached to an aromatic ring is 1. The van der Waals surface area contributed by atoms with Crippen LogP contribution in [0.4, 0.5) is 5.69 Å². The first-order chi connectivity index (χ1) is 9.16. The summed E-state index contributed by atoms with van der Waals surface area (Å²) in [5.41, 5.74) is 15.4. The summed E-state index contributed by atoms with van der Waals surface area (Å²) in [6.07, 6.45) is 3.37. The van der Waals surface area contributed by atoms with Gasteiger partial charge in [0.1, 0.15) is 5.52 Å². The van der Waals surface area contributed by atoms with Crippen molar-refractivity contribution in [2.45, 2.75) is 38.0 Å². The third-order valence-corrected chi connectivity index (χ3v) is 3.87. The van der Waals surface area contributed by atoms with Gasteiger partial charge < -0.3 is 16.2 Å². The molecule has 102 valence electrons. The summed E-state index contributed by atoms with van der Waals surface area (Å²) in [4.78, 5) is 0. The number of hydrogen-bond donors (Lipinski definition) is 2. The van der Waals surface area contributed by atoms with Crippen LogP contribution in [-0.2, 0) is 18.4 Å². The number of aryl methyl sites for hydroxylation is 1. The molecule has 1 aliphatic rings. The second kappa shape index (κ2) is 4.79. The lowest BCUT2D eigenvalue weighted by molar-refractivity contribution is 0.0361. The molecule has 0 aliphatic heterocycles. The molecule has 1 fully saturated rings. The molecule has 4 N–H and O–H groups in total. The molecule has 2 aromatic rings. The van der Waals surface area contributed by atoms with Crippen LogP contribution in [0.2, 0.25) is 0 Å². The molecule has 0 amide bonds. The highest BCUT2D eigenvalue weighted by atomic mass is 16.5. The van der Waals surface area contributed by atoms with E-state index >= 15 is 0 Å². The highest BCUT2D eigenvalue weighted by molar-refractivity contribution is 5.88. The van der Waals surface area contributed by atoms with Gasteiger partial charge in [-0.1, -0.05) is 11.3 Å². The van der Waals surface area contributed by atoms with Crippen molar-refractivity contribution in [3.8, 4) is 0 Å². The molecule has 6 heteroatoms. The molecule has 3 rings (SSSR count). The average Bonchev–Trinajstić information content (AvgIpc) is 2.96. The topological polar surface area (TPSA) is 92.0 Å². The molecule has 0 spiro atoms. The number of nitrogens with two attached hydrogens (primary N) is 2. The van der Waals surface area contributed by atoms with Gasteiger partial charge in [-0.2, -0.15) is 0 Å². The van der Waals surface area contributed by atoms with Gasteiger partial charge in [-0.25, -0.2) is 4.68 Å². The van der Waals surface area contributed by atoms with Crippen molar-refractivity contribution < 1.29 is 4.74 Å². The van der Waals surface area contributed by atoms with Crippen LogP contribution in [0.1, 0.15) is 24.8 Å². The first-order valence-electron chi connectivity index (χ1n) is 6.60. The van der Waals surface area contributed by atoms with E-state index in [2.05, 4.69) is 10.3 Å². The van der Waals surface area contributed by atoms with Gasteiger partial charge in [-0.05, 0) is 25.3 Å². The Kier molecular flexibility index (Phi) is 3.12. The summed E-state index contributed by atoms with van der Waals surface area (Å²) < 4.78 is 7.59. The molecular formula is C13H19N5O. The van der Waals surface area contributed by atoms with E-state index in [4.69, 9.17) is 16.2 Å². The van der Waals surface area contributed by atoms with E-state index < -0.39 is 0 Å². The van der Waals surface area contributed by atoms with Crippen LogP contribution in [0.25, 0.3) is 11.0 Å². The molecular weight excluding hydrogens is 242 g/mol. The zero-order chi connectivity index (χ0) is 13.4. The molecule has 2 atom stereocenters. The minimum atomic E-state index is 0.150. The zero-order valence-corrected chi connectivity index (χ0v) is 11.0. The summed E-state index contributed by atoms with van der Waals surface area (Å²) in [6, 6.07) is 4.10. The van der Waals surface area contributed by atoms with E-state index in [-0.39, 0.29) is 12.1 Å². The van der Waals surface area contributed by atoms with Crippen molar-refractivity contribution in [3.05, 3.63) is 17.7 Å². The number of anilines is 1. The third-order valence-electron chi connectivity index (χ3n) is 3.87. The monoisotopic (exact) mass is 261 g/mol. The predicted octanol–water partition coefficient (Wildman–Crippen LogP) is 0.947. The summed E-state index contributed by atoms with van der Waals surface area (Å²) in [6.45, 7) is 0.483. The van der Waals surface area contributed by atoms with Crippen molar-refractivity contribution in [2.75, 3.05) is 5.73 Å². The summed E-state index contributed by atoms with van der Waals surface area (Å²) >= 11 is 0. The molecule has 6 nitrogen and oxygen atoms in total. The fourth-order valence-corrected chi connectivity index (χ4v) is 2.65. The van der Waals surface area contributed by atoms with Crippen molar-refractivity contribution in [1.29, 1.82) is 0 Å². The summed E-state index contributed by atoms with van der Waals surface area (Å²) in [5, 5.41) is 8.05. The Hall–Kier alpha value is -1.66. The number of rotatable bonds is 3. The number of aromatic nitrogens is 3. The van der Waals surface area contributed by atoms with Gasteiger partial charge in [0.2, 0.25) is 0 Å². The normalized spacial score (nSPS) is 23.3. The van der Waals surface area contributed by atoms with E-state index in [1.165, 1.54) is 0 Å². The molecule has 0 saturated heterocycles. The number of ether oxygens (including phenoxy) is 1. The maximum absolute atomic E-state index is 6.12. The fraction of sp³-hybridized carbons (Fsp3) is 0.538. The Morgan fingerprint density at radius 3 is 3.00 bits per heavy atom. The highest BCUT2D eigenvalue weighted by Gasteiger charge is 2.24. The van der Waals surface area contributed by atoms with E-state index in [1.807, 2.05) is 19.2 Å². The molecule has 0 bridgehead atoms. The first kappa shape index (κ1) is 12.4. The van der Waals surface area contributed by atoms with Gasteiger partial charge in [0.25, 0.3) is 0 Å². The minimum absolute atomic E-state index is 0.150. The average molecular weight is 261 g/mol. The standard InChI is InChI=1S/C13H19N5O/c1-18-10-6-5-8(12(15)13(10)16-17-18)7-19-11-4-2-3-9(11)14/h5-6,9,11H,2-4,7,14-15H2,1H3/t9-,11-/m1/s1. The Morgan fingerprint density at radius 2 is 2.26 bits per heavy atom. The van der Waals surface area contributed by atoms with Gasteiger partial charge in [0.15, 0.2) is 0 Å². The van der Waals surface area contributed by atoms with Crippen LogP contribution in [0, 0.1) is 0 Å². The lowest BCUT2D eigenvalue weighted by Crippen LogP contribution is -2.31. The highest BCUT2D eigenvalue weighted by Crippen LogP contribution is 2.26. The lowest BCUT2D eigenvalue weighted by Gasteiger charge is -2.17. The summed E-state index contributed by atoms with van der Waals surface area (Å²) in [7, 11) is 1.85. The third kappa shape index (κ3) is 2.17. The lowest BCUT2D eigenvalue weighted by atomic mass is 10.1. The van der Waals surface area contributed by atoms with E-state index in [0.29, 0.717) is 12.3 Å². The summed E-state index contributed by atoms with van der Waals surface area (Å²) in [5.74, 6) is 0. The largest absolute Gasteiger partial charge is 0.397 e. The van der Waals surface area contributed by atoms with Gasteiger partial charge >= 0.3 is 0 Å². The Labute approximate surface area is 111 Å². The van der Waals surface area contributed by atoms with Crippen LogP contribution in [0.5, 0.6) is 0 Å². The second-order valence-electron chi connectivity index (χ2n) is 5.16. The number of hydrogen-bond acceptors (Lipinski definition) is 5. The van der Waals surface area contributed by atoms with Crippen molar-refractivity contribution >= 4 is 16.7 Å². The van der Waals surface area contributed by atoms with Crippen LogP contribution in [0.3, 0.4) is 0 Å². The SMILES string of the molecule is Cn1nnc2c(N)c(CO[C@@H]3CCC[C@H]3N)ccc21. The fourth-order valence-electron chi connectivity index (χ4n) is 2.65. The van der Waals surface area contributed by atoms with Crippen LogP contribution < -0.4 is 11.5 Å². The molecule has 1 aromatic carbocycles. The maximum atomic E-state index is 6.12. The van der Waals surface area contributed by atoms with Crippen LogP contribution >= 0.6 is 0 Å². The van der Waals surface area contributed by atoms with Crippen molar-refractivity contribution in [1.82, 2.24) is 15.0 Å². The molecule has 1 aliphatic carbocycles. The molecule has 19 heavy (non-hydrogen) atoms. The van der Waals surface area contributed by atoms with Gasteiger partial charge in [0, 0.05) is 18.7 Å². The van der Waals surface area contributed by atoms with Gasteiger partial charge in [0.05, 0.1) is 23.9 Å². The van der Waals surface area contributed by atoms with Crippen LogP contribution in [0.15, 0.2) is 12.1 Å². The van der Waals surface area contributed by atoms with Gasteiger partial charge in [-0.15, -0.1) is 5.10 Å². The maximum Gasteiger partial charge on any atom is 0.136 e. The Bertz CT molecular complexity index is 594. The Balaban J connectivity index is 1.79. The molecule has 0 radical (unpaired) electrons. The van der Waals surface area contributed by atoms with Crippen LogP contribution in [-0.4, -0.2) is 27.1 Å². The smallest absolute Gasteiger partial charge is 0.136 e. The molecule has 1 saturated carbocycles. The van der Waals surface area contributed by atoms with Crippen molar-refractivity contribution in [2.24, 2.45) is 12.8 Å². The number of fused-ring (bicyclic) bond motifs is 1. The van der Waals surface area contributed by atoms with E-state index in [9.17, 15) is 0 Å². The van der Waals surface area contributed by atoms with Crippen molar-refractivity contribution in [3.63, 3.8) is 0 Å².